The summed E-state index contributed by atoms with van der Waals surface area (Å²) in [6.45, 7) is 4.29. The number of anilines is 1. The van der Waals surface area contributed by atoms with E-state index in [1.807, 2.05) is 12.3 Å². The molecular formula is C11H16N4. The minimum Gasteiger partial charge on any atom is -0.383 e. The summed E-state index contributed by atoms with van der Waals surface area (Å²) in [7, 11) is 0. The second-order valence-electron chi connectivity index (χ2n) is 3.90. The zero-order valence-electron chi connectivity index (χ0n) is 9.12. The number of fused-ring (bicyclic) bond motifs is 1. The van der Waals surface area contributed by atoms with Gasteiger partial charge in [0.1, 0.15) is 17.3 Å². The van der Waals surface area contributed by atoms with Gasteiger partial charge < -0.3 is 10.7 Å². The van der Waals surface area contributed by atoms with Crippen molar-refractivity contribution in [3.05, 3.63) is 18.1 Å². The molecule has 0 aliphatic carbocycles. The molecule has 15 heavy (non-hydrogen) atoms. The Morgan fingerprint density at radius 1 is 1.47 bits per heavy atom. The molecule has 80 valence electrons. The van der Waals surface area contributed by atoms with Gasteiger partial charge in [0.15, 0.2) is 0 Å². The molecule has 1 atom stereocenters. The van der Waals surface area contributed by atoms with Gasteiger partial charge in [-0.25, -0.2) is 9.97 Å². The quantitative estimate of drug-likeness (QED) is 0.806. The first-order valence-corrected chi connectivity index (χ1v) is 5.33. The second-order valence-corrected chi connectivity index (χ2v) is 3.90. The molecule has 0 aromatic carbocycles. The fourth-order valence-corrected chi connectivity index (χ4v) is 1.77. The summed E-state index contributed by atoms with van der Waals surface area (Å²) in [4.78, 5) is 11.9. The first-order valence-electron chi connectivity index (χ1n) is 5.33. The van der Waals surface area contributed by atoms with Crippen LogP contribution in [0.5, 0.6) is 0 Å². The number of H-pyrrole nitrogens is 1. The fourth-order valence-electron chi connectivity index (χ4n) is 1.77. The van der Waals surface area contributed by atoms with Crippen LogP contribution in [0, 0.1) is 0 Å². The Hall–Kier alpha value is -1.58. The molecule has 2 aromatic rings. The molecule has 2 aromatic heterocycles. The second kappa shape index (κ2) is 3.88. The Bertz CT molecular complexity index is 461. The number of hydrogen-bond donors (Lipinski definition) is 2. The molecule has 0 aliphatic rings. The maximum atomic E-state index is 5.86. The Morgan fingerprint density at radius 3 is 3.00 bits per heavy atom. The van der Waals surface area contributed by atoms with Crippen molar-refractivity contribution in [1.82, 2.24) is 15.0 Å². The van der Waals surface area contributed by atoms with E-state index < -0.39 is 0 Å². The molecule has 2 heterocycles. The molecule has 0 fully saturated rings. The molecule has 0 saturated carbocycles. The number of rotatable bonds is 3. The Morgan fingerprint density at radius 2 is 2.27 bits per heavy atom. The summed E-state index contributed by atoms with van der Waals surface area (Å²) in [6, 6.07) is 1.90. The minimum absolute atomic E-state index is 0.366. The Labute approximate surface area is 88.9 Å². The number of hydrogen-bond acceptors (Lipinski definition) is 3. The zero-order valence-corrected chi connectivity index (χ0v) is 9.12. The van der Waals surface area contributed by atoms with Crippen molar-refractivity contribution < 1.29 is 0 Å². The van der Waals surface area contributed by atoms with Gasteiger partial charge in [-0.1, -0.05) is 20.3 Å². The maximum absolute atomic E-state index is 5.86. The Kier molecular flexibility index (Phi) is 2.58. The van der Waals surface area contributed by atoms with Gasteiger partial charge in [0.05, 0.1) is 5.39 Å². The smallest absolute Gasteiger partial charge is 0.143 e. The molecule has 0 amide bonds. The number of nitrogens with zero attached hydrogens (tertiary/aromatic N) is 2. The lowest BCUT2D eigenvalue weighted by Gasteiger charge is -2.09. The molecule has 0 aliphatic heterocycles. The van der Waals surface area contributed by atoms with Gasteiger partial charge in [-0.15, -0.1) is 0 Å². The molecule has 4 nitrogen and oxygen atoms in total. The van der Waals surface area contributed by atoms with E-state index in [0.29, 0.717) is 11.7 Å². The van der Waals surface area contributed by atoms with Gasteiger partial charge in [-0.2, -0.15) is 0 Å². The summed E-state index contributed by atoms with van der Waals surface area (Å²) in [5.41, 5.74) is 6.70. The molecule has 0 saturated heterocycles. The summed E-state index contributed by atoms with van der Waals surface area (Å²) in [6.07, 6.45) is 4.06. The highest BCUT2D eigenvalue weighted by Crippen LogP contribution is 2.22. The van der Waals surface area contributed by atoms with Crippen molar-refractivity contribution in [3.8, 4) is 0 Å². The molecule has 0 spiro atoms. The van der Waals surface area contributed by atoms with Crippen molar-refractivity contribution in [2.24, 2.45) is 0 Å². The van der Waals surface area contributed by atoms with E-state index >= 15 is 0 Å². The summed E-state index contributed by atoms with van der Waals surface area (Å²) >= 11 is 0. The minimum atomic E-state index is 0.366. The summed E-state index contributed by atoms with van der Waals surface area (Å²) in [5.74, 6) is 1.77. The van der Waals surface area contributed by atoms with Crippen molar-refractivity contribution in [2.75, 3.05) is 5.73 Å². The molecular weight excluding hydrogens is 188 g/mol. The van der Waals surface area contributed by atoms with Crippen LogP contribution >= 0.6 is 0 Å². The molecule has 4 heteroatoms. The van der Waals surface area contributed by atoms with Crippen LogP contribution in [0.3, 0.4) is 0 Å². The predicted octanol–water partition coefficient (Wildman–Crippen LogP) is 2.44. The fraction of sp³-hybridized carbons (Fsp3) is 0.455. The summed E-state index contributed by atoms with van der Waals surface area (Å²) in [5, 5.41) is 0.905. The number of nitrogen functional groups attached to an aromatic ring is 1. The lowest BCUT2D eigenvalue weighted by molar-refractivity contribution is 0.630. The van der Waals surface area contributed by atoms with Gasteiger partial charge in [0.25, 0.3) is 0 Å². The van der Waals surface area contributed by atoms with E-state index in [1.54, 1.807) is 0 Å². The maximum Gasteiger partial charge on any atom is 0.143 e. The van der Waals surface area contributed by atoms with Crippen LogP contribution in [0.4, 0.5) is 5.82 Å². The van der Waals surface area contributed by atoms with Crippen LogP contribution in [0.25, 0.3) is 11.0 Å². The highest BCUT2D eigenvalue weighted by atomic mass is 15.0. The van der Waals surface area contributed by atoms with Crippen LogP contribution in [-0.4, -0.2) is 15.0 Å². The molecule has 2 rings (SSSR count). The van der Waals surface area contributed by atoms with Crippen LogP contribution in [0.2, 0.25) is 0 Å². The molecule has 0 bridgehead atoms. The number of nitrogens with two attached hydrogens (primary N) is 1. The van der Waals surface area contributed by atoms with E-state index in [9.17, 15) is 0 Å². The lowest BCUT2D eigenvalue weighted by Crippen LogP contribution is -2.04. The summed E-state index contributed by atoms with van der Waals surface area (Å²) < 4.78 is 0. The third kappa shape index (κ3) is 1.79. The van der Waals surface area contributed by atoms with Crippen LogP contribution in [0.15, 0.2) is 12.3 Å². The SMILES string of the molecule is CCCC(C)c1nc(N)c2cc[nH]c2n1. The molecule has 3 N–H and O–H groups in total. The van der Waals surface area contributed by atoms with Crippen LogP contribution in [0.1, 0.15) is 38.4 Å². The van der Waals surface area contributed by atoms with E-state index in [0.717, 1.165) is 29.7 Å². The third-order valence-corrected chi connectivity index (χ3v) is 2.62. The van der Waals surface area contributed by atoms with Crippen LogP contribution in [-0.2, 0) is 0 Å². The van der Waals surface area contributed by atoms with Gasteiger partial charge in [-0.3, -0.25) is 0 Å². The lowest BCUT2D eigenvalue weighted by atomic mass is 10.1. The van der Waals surface area contributed by atoms with Crippen LogP contribution < -0.4 is 5.73 Å². The largest absolute Gasteiger partial charge is 0.383 e. The van der Waals surface area contributed by atoms with E-state index in [2.05, 4.69) is 28.8 Å². The van der Waals surface area contributed by atoms with Gasteiger partial charge in [0, 0.05) is 12.1 Å². The van der Waals surface area contributed by atoms with E-state index in [-0.39, 0.29) is 0 Å². The topological polar surface area (TPSA) is 67.6 Å². The highest BCUT2D eigenvalue weighted by molar-refractivity contribution is 5.85. The average molecular weight is 204 g/mol. The van der Waals surface area contributed by atoms with Crippen molar-refractivity contribution in [2.45, 2.75) is 32.6 Å². The van der Waals surface area contributed by atoms with E-state index in [4.69, 9.17) is 5.73 Å². The van der Waals surface area contributed by atoms with Crippen molar-refractivity contribution in [1.29, 1.82) is 0 Å². The van der Waals surface area contributed by atoms with E-state index in [1.165, 1.54) is 0 Å². The number of nitrogens with one attached hydrogen (secondary N) is 1. The van der Waals surface area contributed by atoms with Gasteiger partial charge >= 0.3 is 0 Å². The first-order chi connectivity index (χ1) is 7.22. The van der Waals surface area contributed by atoms with Gasteiger partial charge in [0.2, 0.25) is 0 Å². The Balaban J connectivity index is 2.44. The van der Waals surface area contributed by atoms with Crippen molar-refractivity contribution in [3.63, 3.8) is 0 Å². The average Bonchev–Trinajstić information content (AvgIpc) is 2.66. The standard InChI is InChI=1S/C11H16N4/c1-3-4-7(2)10-14-9(12)8-5-6-13-11(8)15-10/h5-7H,3-4H2,1-2H3,(H3,12,13,14,15). The first kappa shape index (κ1) is 9.96. The normalized spacial score (nSPS) is 13.2. The number of aromatic nitrogens is 3. The van der Waals surface area contributed by atoms with Crippen molar-refractivity contribution >= 4 is 16.9 Å². The monoisotopic (exact) mass is 204 g/mol. The third-order valence-electron chi connectivity index (χ3n) is 2.62. The highest BCUT2D eigenvalue weighted by Gasteiger charge is 2.11. The predicted molar refractivity (Wildman–Crippen MR) is 61.6 cm³/mol. The number of aromatic amines is 1. The molecule has 0 radical (unpaired) electrons. The molecule has 1 unspecified atom stereocenters. The van der Waals surface area contributed by atoms with Gasteiger partial charge in [-0.05, 0) is 12.5 Å². The zero-order chi connectivity index (χ0) is 10.8.